The quantitative estimate of drug-likeness (QED) is 0.0817. The molecule has 234 valence electrons. The molecule has 0 saturated carbocycles. The fourth-order valence-electron chi connectivity index (χ4n) is 5.70. The van der Waals surface area contributed by atoms with E-state index in [2.05, 4.69) is 19.2 Å². The maximum absolute atomic E-state index is 12.3. The second-order valence-corrected chi connectivity index (χ2v) is 12.7. The molecule has 0 heterocycles. The number of nitrogens with one attached hydrogen (secondary N) is 1. The third-order valence-corrected chi connectivity index (χ3v) is 8.58. The molecule has 2 unspecified atom stereocenters. The van der Waals surface area contributed by atoms with Crippen LogP contribution in [0.2, 0.25) is 0 Å². The molecule has 0 aromatic carbocycles. The highest BCUT2D eigenvalue weighted by Crippen LogP contribution is 2.15. The van der Waals surface area contributed by atoms with E-state index in [1.165, 1.54) is 161 Å². The molecule has 0 rings (SSSR count). The van der Waals surface area contributed by atoms with Crippen molar-refractivity contribution in [2.75, 3.05) is 0 Å². The standard InChI is InChI=1S/C36H73NO2/c1-4-6-8-10-12-14-16-18-19-21-23-25-27-29-31-33-36(39)37-34(3)35(38)32-30-28-26-24-22-20-17-15-13-11-9-7-5-2/h34-35,38H,4-33H2,1-3H3,(H,37,39). The maximum atomic E-state index is 12.3. The Hall–Kier alpha value is -0.570. The van der Waals surface area contributed by atoms with Crippen molar-refractivity contribution in [2.24, 2.45) is 0 Å². The molecular weight excluding hydrogens is 478 g/mol. The minimum atomic E-state index is -0.414. The second-order valence-electron chi connectivity index (χ2n) is 12.7. The number of aliphatic hydroxyl groups is 1. The molecule has 0 fully saturated rings. The number of hydrogen-bond acceptors (Lipinski definition) is 2. The van der Waals surface area contributed by atoms with Crippen LogP contribution >= 0.6 is 0 Å². The van der Waals surface area contributed by atoms with Crippen LogP contribution in [0, 0.1) is 0 Å². The first kappa shape index (κ1) is 38.4. The number of carbonyl (C=O) groups excluding carboxylic acids is 1. The summed E-state index contributed by atoms with van der Waals surface area (Å²) in [6, 6.07) is -0.133. The van der Waals surface area contributed by atoms with Gasteiger partial charge in [-0.3, -0.25) is 4.79 Å². The van der Waals surface area contributed by atoms with Crippen LogP contribution in [-0.4, -0.2) is 23.2 Å². The van der Waals surface area contributed by atoms with Crippen molar-refractivity contribution in [3.05, 3.63) is 0 Å². The van der Waals surface area contributed by atoms with Crippen molar-refractivity contribution in [2.45, 2.75) is 226 Å². The smallest absolute Gasteiger partial charge is 0.220 e. The van der Waals surface area contributed by atoms with Gasteiger partial charge in [0.1, 0.15) is 0 Å². The van der Waals surface area contributed by atoms with Gasteiger partial charge in [-0.15, -0.1) is 0 Å². The molecule has 2 N–H and O–H groups in total. The SMILES string of the molecule is CCCCCCCCCCCCCCCCCC(=O)NC(C)C(O)CCCCCCCCCCCCCCC. The summed E-state index contributed by atoms with van der Waals surface area (Å²) < 4.78 is 0. The van der Waals surface area contributed by atoms with Gasteiger partial charge >= 0.3 is 0 Å². The lowest BCUT2D eigenvalue weighted by Crippen LogP contribution is -2.41. The number of amides is 1. The van der Waals surface area contributed by atoms with Gasteiger partial charge in [-0.2, -0.15) is 0 Å². The minimum absolute atomic E-state index is 0.113. The average molecular weight is 552 g/mol. The van der Waals surface area contributed by atoms with E-state index in [0.29, 0.717) is 6.42 Å². The molecule has 0 aliphatic heterocycles. The van der Waals surface area contributed by atoms with Crippen molar-refractivity contribution in [1.29, 1.82) is 0 Å². The second kappa shape index (κ2) is 32.0. The molecule has 0 bridgehead atoms. The normalized spacial score (nSPS) is 13.0. The summed E-state index contributed by atoms with van der Waals surface area (Å²) in [5, 5.41) is 13.5. The summed E-state index contributed by atoms with van der Waals surface area (Å²) in [6.45, 7) is 6.52. The molecule has 1 amide bonds. The van der Waals surface area contributed by atoms with Crippen LogP contribution in [0.15, 0.2) is 0 Å². The zero-order valence-corrected chi connectivity index (χ0v) is 27.2. The molecular formula is C36H73NO2. The molecule has 0 aromatic heterocycles. The molecule has 0 spiro atoms. The monoisotopic (exact) mass is 552 g/mol. The van der Waals surface area contributed by atoms with Crippen molar-refractivity contribution in [3.63, 3.8) is 0 Å². The van der Waals surface area contributed by atoms with Crippen molar-refractivity contribution in [1.82, 2.24) is 5.32 Å². The van der Waals surface area contributed by atoms with Crippen molar-refractivity contribution >= 4 is 5.91 Å². The highest BCUT2D eigenvalue weighted by atomic mass is 16.3. The topological polar surface area (TPSA) is 49.3 Å². The van der Waals surface area contributed by atoms with Gasteiger partial charge in [-0.05, 0) is 19.8 Å². The summed E-state index contributed by atoms with van der Waals surface area (Å²) in [5.74, 6) is 0.113. The van der Waals surface area contributed by atoms with E-state index in [-0.39, 0.29) is 11.9 Å². The summed E-state index contributed by atoms with van der Waals surface area (Å²) in [7, 11) is 0. The van der Waals surface area contributed by atoms with Gasteiger partial charge in [-0.25, -0.2) is 0 Å². The van der Waals surface area contributed by atoms with Gasteiger partial charge in [-0.1, -0.05) is 187 Å². The molecule has 39 heavy (non-hydrogen) atoms. The summed E-state index contributed by atoms with van der Waals surface area (Å²) in [4.78, 5) is 12.3. The highest BCUT2D eigenvalue weighted by Gasteiger charge is 2.15. The highest BCUT2D eigenvalue weighted by molar-refractivity contribution is 5.76. The Morgan fingerprint density at radius 1 is 0.487 bits per heavy atom. The predicted octanol–water partition coefficient (Wildman–Crippen LogP) is 11.6. The predicted molar refractivity (Wildman–Crippen MR) is 173 cm³/mol. The first-order valence-corrected chi connectivity index (χ1v) is 18.1. The van der Waals surface area contributed by atoms with E-state index in [1.807, 2.05) is 6.92 Å². The molecule has 0 saturated heterocycles. The summed E-state index contributed by atoms with van der Waals surface area (Å²) >= 11 is 0. The molecule has 3 heteroatoms. The number of rotatable bonds is 32. The largest absolute Gasteiger partial charge is 0.391 e. The third-order valence-electron chi connectivity index (χ3n) is 8.58. The lowest BCUT2D eigenvalue weighted by Gasteiger charge is -2.20. The number of aliphatic hydroxyl groups excluding tert-OH is 1. The number of unbranched alkanes of at least 4 members (excludes halogenated alkanes) is 26. The van der Waals surface area contributed by atoms with Gasteiger partial charge in [0.25, 0.3) is 0 Å². The Labute approximate surface area is 246 Å². The fourth-order valence-corrected chi connectivity index (χ4v) is 5.70. The Morgan fingerprint density at radius 2 is 0.769 bits per heavy atom. The number of carbonyl (C=O) groups is 1. The Bertz CT molecular complexity index is 481. The van der Waals surface area contributed by atoms with Gasteiger partial charge in [0.05, 0.1) is 12.1 Å². The van der Waals surface area contributed by atoms with Crippen molar-refractivity contribution < 1.29 is 9.90 Å². The lowest BCUT2D eigenvalue weighted by molar-refractivity contribution is -0.122. The lowest BCUT2D eigenvalue weighted by atomic mass is 10.0. The van der Waals surface area contributed by atoms with E-state index >= 15 is 0 Å². The Balaban J connectivity index is 3.40. The third kappa shape index (κ3) is 30.2. The zero-order chi connectivity index (χ0) is 28.7. The van der Waals surface area contributed by atoms with Gasteiger partial charge < -0.3 is 10.4 Å². The van der Waals surface area contributed by atoms with E-state index in [4.69, 9.17) is 0 Å². The van der Waals surface area contributed by atoms with Crippen LogP contribution in [-0.2, 0) is 4.79 Å². The van der Waals surface area contributed by atoms with Gasteiger partial charge in [0.2, 0.25) is 5.91 Å². The molecule has 0 aliphatic carbocycles. The van der Waals surface area contributed by atoms with Crippen LogP contribution in [0.25, 0.3) is 0 Å². The molecule has 0 aliphatic rings. The van der Waals surface area contributed by atoms with Gasteiger partial charge in [0.15, 0.2) is 0 Å². The van der Waals surface area contributed by atoms with E-state index < -0.39 is 6.10 Å². The minimum Gasteiger partial charge on any atom is -0.391 e. The fraction of sp³-hybridized carbons (Fsp3) is 0.972. The molecule has 0 aromatic rings. The first-order chi connectivity index (χ1) is 19.1. The van der Waals surface area contributed by atoms with Crippen molar-refractivity contribution in [3.8, 4) is 0 Å². The van der Waals surface area contributed by atoms with E-state index in [9.17, 15) is 9.90 Å². The van der Waals surface area contributed by atoms with Crippen LogP contribution < -0.4 is 5.32 Å². The molecule has 2 atom stereocenters. The van der Waals surface area contributed by atoms with Crippen LogP contribution in [0.1, 0.15) is 213 Å². The summed E-state index contributed by atoms with van der Waals surface area (Å²) in [6.07, 6.45) is 38.6. The number of hydrogen-bond donors (Lipinski definition) is 2. The molecule has 0 radical (unpaired) electrons. The van der Waals surface area contributed by atoms with Gasteiger partial charge in [0, 0.05) is 6.42 Å². The Kier molecular flexibility index (Phi) is 31.5. The zero-order valence-electron chi connectivity index (χ0n) is 27.2. The van der Waals surface area contributed by atoms with Crippen LogP contribution in [0.4, 0.5) is 0 Å². The first-order valence-electron chi connectivity index (χ1n) is 18.1. The van der Waals surface area contributed by atoms with Crippen LogP contribution in [0.3, 0.4) is 0 Å². The van der Waals surface area contributed by atoms with E-state index in [1.54, 1.807) is 0 Å². The Morgan fingerprint density at radius 3 is 1.10 bits per heavy atom. The van der Waals surface area contributed by atoms with Crippen LogP contribution in [0.5, 0.6) is 0 Å². The maximum Gasteiger partial charge on any atom is 0.220 e. The van der Waals surface area contributed by atoms with E-state index in [0.717, 1.165) is 25.7 Å². The average Bonchev–Trinajstić information content (AvgIpc) is 2.93. The molecule has 3 nitrogen and oxygen atoms in total. The summed E-state index contributed by atoms with van der Waals surface area (Å²) in [5.41, 5.74) is 0.